The Morgan fingerprint density at radius 3 is 1.59 bits per heavy atom. The zero-order valence-corrected chi connectivity index (χ0v) is 15.4. The zero-order valence-electron chi connectivity index (χ0n) is 15.4. The number of phenols is 2. The molecule has 0 aliphatic carbocycles. The number of carbonyl (C=O) groups is 2. The van der Waals surface area contributed by atoms with Gasteiger partial charge in [-0.2, -0.15) is 0 Å². The number of aromatic hydroxyl groups is 2. The molecule has 0 amide bonds. The predicted molar refractivity (Wildman–Crippen MR) is 108 cm³/mol. The van der Waals surface area contributed by atoms with Crippen molar-refractivity contribution in [3.05, 3.63) is 58.7 Å². The summed E-state index contributed by atoms with van der Waals surface area (Å²) in [6, 6.07) is 8.84. The maximum Gasteiger partial charge on any atom is 0.339 e. The summed E-state index contributed by atoms with van der Waals surface area (Å²) in [7, 11) is 0. The van der Waals surface area contributed by atoms with Gasteiger partial charge in [-0.25, -0.2) is 9.59 Å². The highest BCUT2D eigenvalue weighted by Gasteiger charge is 2.12. The highest BCUT2D eigenvalue weighted by Crippen LogP contribution is 2.21. The second kappa shape index (κ2) is 10.6. The molecule has 0 atom stereocenters. The molecule has 5 N–H and O–H groups in total. The van der Waals surface area contributed by atoms with Gasteiger partial charge in [-0.05, 0) is 24.3 Å². The van der Waals surface area contributed by atoms with Crippen LogP contribution in [-0.4, -0.2) is 71.0 Å². The first-order valence-electron chi connectivity index (χ1n) is 8.72. The van der Waals surface area contributed by atoms with Crippen LogP contribution in [0.15, 0.2) is 46.4 Å². The van der Waals surface area contributed by atoms with Crippen LogP contribution < -0.4 is 5.32 Å². The number of benzene rings is 2. The molecule has 152 valence electrons. The van der Waals surface area contributed by atoms with Crippen molar-refractivity contribution >= 4 is 24.4 Å². The largest absolute Gasteiger partial charge is 0.506 e. The average molecular weight is 399 g/mol. The molecule has 0 heterocycles. The topological polar surface area (TPSA) is 152 Å². The lowest BCUT2D eigenvalue weighted by atomic mass is 10.1. The van der Waals surface area contributed by atoms with Crippen LogP contribution in [0.25, 0.3) is 0 Å². The van der Waals surface area contributed by atoms with Gasteiger partial charge in [0.05, 0.1) is 13.1 Å². The van der Waals surface area contributed by atoms with Gasteiger partial charge in [0.25, 0.3) is 0 Å². The molecule has 0 aliphatic rings. The van der Waals surface area contributed by atoms with Crippen LogP contribution in [0, 0.1) is 0 Å². The number of nitrogens with zero attached hydrogens (tertiary/aromatic N) is 2. The van der Waals surface area contributed by atoms with E-state index in [0.717, 1.165) is 0 Å². The first kappa shape index (κ1) is 21.6. The fourth-order valence-electron chi connectivity index (χ4n) is 2.41. The fraction of sp³-hybridized carbons (Fsp3) is 0.200. The summed E-state index contributed by atoms with van der Waals surface area (Å²) in [4.78, 5) is 30.2. The number of hydrogen-bond acceptors (Lipinski definition) is 7. The predicted octanol–water partition coefficient (Wildman–Crippen LogP) is 1.62. The Balaban J connectivity index is 1.73. The molecular formula is C20H21N3O6. The summed E-state index contributed by atoms with van der Waals surface area (Å²) < 4.78 is 0. The molecule has 0 unspecified atom stereocenters. The Hall–Kier alpha value is -3.72. The van der Waals surface area contributed by atoms with Crippen LogP contribution in [0.2, 0.25) is 0 Å². The van der Waals surface area contributed by atoms with E-state index in [4.69, 9.17) is 10.2 Å². The first-order chi connectivity index (χ1) is 13.9. The van der Waals surface area contributed by atoms with Gasteiger partial charge in [0.2, 0.25) is 0 Å². The molecular weight excluding hydrogens is 378 g/mol. The van der Waals surface area contributed by atoms with E-state index in [-0.39, 0.29) is 22.6 Å². The summed E-state index contributed by atoms with van der Waals surface area (Å²) in [6.45, 7) is 1.93. The van der Waals surface area contributed by atoms with E-state index in [0.29, 0.717) is 37.3 Å². The van der Waals surface area contributed by atoms with Gasteiger partial charge in [-0.3, -0.25) is 9.98 Å². The Morgan fingerprint density at radius 1 is 0.793 bits per heavy atom. The van der Waals surface area contributed by atoms with Gasteiger partial charge >= 0.3 is 11.9 Å². The van der Waals surface area contributed by atoms with Crippen LogP contribution in [0.5, 0.6) is 11.5 Å². The lowest BCUT2D eigenvalue weighted by Crippen LogP contribution is -2.20. The molecule has 0 radical (unpaired) electrons. The summed E-state index contributed by atoms with van der Waals surface area (Å²) in [6.07, 6.45) is 2.83. The maximum absolute atomic E-state index is 11.0. The molecule has 0 fully saturated rings. The number of para-hydroxylation sites is 2. The number of carboxylic acids is 2. The van der Waals surface area contributed by atoms with Crippen LogP contribution in [0.3, 0.4) is 0 Å². The van der Waals surface area contributed by atoms with Crippen molar-refractivity contribution in [2.45, 2.75) is 0 Å². The van der Waals surface area contributed by atoms with Crippen molar-refractivity contribution in [1.29, 1.82) is 0 Å². The molecule has 0 saturated heterocycles. The van der Waals surface area contributed by atoms with Crippen LogP contribution in [0.1, 0.15) is 31.8 Å². The third-order valence-corrected chi connectivity index (χ3v) is 3.89. The fourth-order valence-corrected chi connectivity index (χ4v) is 2.41. The highest BCUT2D eigenvalue weighted by atomic mass is 16.4. The van der Waals surface area contributed by atoms with E-state index in [2.05, 4.69) is 15.3 Å². The number of hydrogen-bond donors (Lipinski definition) is 5. The van der Waals surface area contributed by atoms with Crippen molar-refractivity contribution < 1.29 is 30.0 Å². The molecule has 0 aromatic heterocycles. The standard InChI is InChI=1S/C20H21N3O6/c24-17-13(3-1-5-15(17)19(26)27)11-22-9-7-21-8-10-23-12-14-4-2-6-16(18(14)25)20(28)29/h1-6,11-12,21,24-25H,7-10H2,(H,26,27)(H,28,29). The van der Waals surface area contributed by atoms with Crippen LogP contribution >= 0.6 is 0 Å². The minimum atomic E-state index is -1.21. The van der Waals surface area contributed by atoms with Crippen molar-refractivity contribution in [2.75, 3.05) is 26.2 Å². The zero-order chi connectivity index (χ0) is 21.2. The first-order valence-corrected chi connectivity index (χ1v) is 8.72. The Bertz CT molecular complexity index is 864. The van der Waals surface area contributed by atoms with Gasteiger partial charge < -0.3 is 25.7 Å². The Kier molecular flexibility index (Phi) is 7.87. The smallest absolute Gasteiger partial charge is 0.339 e. The van der Waals surface area contributed by atoms with Crippen LogP contribution in [0.4, 0.5) is 0 Å². The number of aliphatic imine (C=N–C) groups is 2. The molecule has 2 aromatic carbocycles. The van der Waals surface area contributed by atoms with Gasteiger partial charge in [0, 0.05) is 36.6 Å². The van der Waals surface area contributed by atoms with Crippen molar-refractivity contribution in [3.8, 4) is 11.5 Å². The number of nitrogens with one attached hydrogen (secondary N) is 1. The summed E-state index contributed by atoms with van der Waals surface area (Å²) in [5.74, 6) is -3.05. The normalized spacial score (nSPS) is 11.3. The average Bonchev–Trinajstić information content (AvgIpc) is 2.68. The summed E-state index contributed by atoms with van der Waals surface area (Å²) in [5.41, 5.74) is 0.311. The third-order valence-electron chi connectivity index (χ3n) is 3.89. The second-order valence-electron chi connectivity index (χ2n) is 5.92. The number of aromatic carboxylic acids is 2. The molecule has 9 nitrogen and oxygen atoms in total. The van der Waals surface area contributed by atoms with E-state index < -0.39 is 11.9 Å². The van der Waals surface area contributed by atoms with Gasteiger partial charge in [-0.15, -0.1) is 0 Å². The van der Waals surface area contributed by atoms with Crippen molar-refractivity contribution in [1.82, 2.24) is 5.32 Å². The second-order valence-corrected chi connectivity index (χ2v) is 5.92. The highest BCUT2D eigenvalue weighted by molar-refractivity contribution is 5.96. The molecule has 0 spiro atoms. The monoisotopic (exact) mass is 399 g/mol. The van der Waals surface area contributed by atoms with E-state index in [9.17, 15) is 19.8 Å². The van der Waals surface area contributed by atoms with E-state index >= 15 is 0 Å². The van der Waals surface area contributed by atoms with Gasteiger partial charge in [-0.1, -0.05) is 12.1 Å². The third kappa shape index (κ3) is 6.15. The summed E-state index contributed by atoms with van der Waals surface area (Å²) in [5, 5.41) is 40.8. The van der Waals surface area contributed by atoms with E-state index in [1.54, 1.807) is 12.1 Å². The SMILES string of the molecule is O=C(O)c1cccc(C=NCCNCCN=Cc2cccc(C(=O)O)c2O)c1O. The molecule has 2 rings (SSSR count). The Labute approximate surface area is 166 Å². The minimum Gasteiger partial charge on any atom is -0.506 e. The van der Waals surface area contributed by atoms with Crippen molar-refractivity contribution in [2.24, 2.45) is 9.98 Å². The Morgan fingerprint density at radius 2 is 1.21 bits per heavy atom. The molecule has 0 aliphatic heterocycles. The molecule has 9 heteroatoms. The maximum atomic E-state index is 11.0. The van der Waals surface area contributed by atoms with Gasteiger partial charge in [0.1, 0.15) is 22.6 Å². The summed E-state index contributed by atoms with van der Waals surface area (Å²) >= 11 is 0. The van der Waals surface area contributed by atoms with Gasteiger partial charge in [0.15, 0.2) is 0 Å². The lowest BCUT2D eigenvalue weighted by Gasteiger charge is -2.03. The number of rotatable bonds is 10. The molecule has 2 aromatic rings. The van der Waals surface area contributed by atoms with Crippen LogP contribution in [-0.2, 0) is 0 Å². The molecule has 0 bridgehead atoms. The molecule has 0 saturated carbocycles. The molecule has 29 heavy (non-hydrogen) atoms. The lowest BCUT2D eigenvalue weighted by molar-refractivity contribution is 0.0682. The van der Waals surface area contributed by atoms with Crippen molar-refractivity contribution in [3.63, 3.8) is 0 Å². The number of carboxylic acid groups (broad SMARTS) is 2. The van der Waals surface area contributed by atoms with E-state index in [1.807, 2.05) is 0 Å². The van der Waals surface area contributed by atoms with E-state index in [1.165, 1.54) is 36.7 Å². The minimum absolute atomic E-state index is 0.176. The quantitative estimate of drug-likeness (QED) is 0.301.